The Morgan fingerprint density at radius 3 is 2.69 bits per heavy atom. The van der Waals surface area contributed by atoms with Crippen molar-refractivity contribution >= 4 is 22.4 Å². The highest BCUT2D eigenvalue weighted by molar-refractivity contribution is 7.13. The summed E-state index contributed by atoms with van der Waals surface area (Å²) < 4.78 is 1.93. The third-order valence-electron chi connectivity index (χ3n) is 4.33. The lowest BCUT2D eigenvalue weighted by Crippen LogP contribution is -2.51. The van der Waals surface area contributed by atoms with Gasteiger partial charge in [0.2, 0.25) is 0 Å². The number of rotatable bonds is 4. The number of benzene rings is 1. The summed E-state index contributed by atoms with van der Waals surface area (Å²) in [6.07, 6.45) is 3.54. The molecule has 0 spiro atoms. The Morgan fingerprint density at radius 2 is 1.96 bits per heavy atom. The average Bonchev–Trinajstić information content (AvgIpc) is 3.39. The van der Waals surface area contributed by atoms with Gasteiger partial charge in [-0.3, -0.25) is 4.57 Å². The highest BCUT2D eigenvalue weighted by atomic mass is 32.1. The lowest BCUT2D eigenvalue weighted by atomic mass is 10.3. The first kappa shape index (κ1) is 16.5. The monoisotopic (exact) mass is 368 g/mol. The minimum Gasteiger partial charge on any atom is -0.370 e. The highest BCUT2D eigenvalue weighted by Crippen LogP contribution is 2.18. The summed E-state index contributed by atoms with van der Waals surface area (Å²) in [5.74, 6) is 1.31. The van der Waals surface area contributed by atoms with Crippen molar-refractivity contribution in [3.63, 3.8) is 0 Å². The number of hydrogen-bond acceptors (Lipinski definition) is 6. The fourth-order valence-electron chi connectivity index (χ4n) is 2.92. The Labute approximate surface area is 155 Å². The number of nitrogens with two attached hydrogens (primary N) is 1. The molecule has 0 unspecified atom stereocenters. The topological polar surface area (TPSA) is 88.5 Å². The number of thiazole rings is 1. The van der Waals surface area contributed by atoms with Crippen LogP contribution in [0, 0.1) is 0 Å². The van der Waals surface area contributed by atoms with Crippen LogP contribution >= 0.6 is 11.3 Å². The maximum atomic E-state index is 6.20. The molecular weight excluding hydrogens is 348 g/mol. The van der Waals surface area contributed by atoms with Crippen molar-refractivity contribution in [1.29, 1.82) is 0 Å². The molecule has 2 aromatic heterocycles. The van der Waals surface area contributed by atoms with Crippen LogP contribution in [0.4, 0.5) is 5.13 Å². The zero-order valence-electron chi connectivity index (χ0n) is 14.3. The number of aliphatic imine (C=N–C) groups is 1. The third-order valence-corrected chi connectivity index (χ3v) is 5.16. The molecule has 1 aliphatic rings. The van der Waals surface area contributed by atoms with Crippen molar-refractivity contribution in [2.24, 2.45) is 10.7 Å². The van der Waals surface area contributed by atoms with Gasteiger partial charge in [0, 0.05) is 43.4 Å². The van der Waals surface area contributed by atoms with E-state index in [4.69, 9.17) is 5.73 Å². The van der Waals surface area contributed by atoms with E-state index in [9.17, 15) is 0 Å². The number of piperazine rings is 1. The maximum Gasteiger partial charge on any atom is 0.191 e. The van der Waals surface area contributed by atoms with Gasteiger partial charge in [-0.15, -0.1) is 21.5 Å². The van der Waals surface area contributed by atoms with Crippen LogP contribution in [-0.2, 0) is 6.54 Å². The fraction of sp³-hybridized carbons (Fsp3) is 0.294. The van der Waals surface area contributed by atoms with Gasteiger partial charge in [0.15, 0.2) is 16.9 Å². The van der Waals surface area contributed by atoms with Gasteiger partial charge in [-0.25, -0.2) is 9.98 Å². The van der Waals surface area contributed by atoms with Crippen molar-refractivity contribution in [1.82, 2.24) is 24.6 Å². The fourth-order valence-corrected chi connectivity index (χ4v) is 3.62. The Kier molecular flexibility index (Phi) is 4.78. The second-order valence-electron chi connectivity index (χ2n) is 5.92. The lowest BCUT2D eigenvalue weighted by Gasteiger charge is -2.35. The van der Waals surface area contributed by atoms with Gasteiger partial charge in [0.05, 0.1) is 0 Å². The first-order valence-corrected chi connectivity index (χ1v) is 9.33. The Morgan fingerprint density at radius 1 is 1.15 bits per heavy atom. The maximum absolute atomic E-state index is 6.20. The molecule has 3 aromatic rings. The van der Waals surface area contributed by atoms with Crippen molar-refractivity contribution in [2.75, 3.05) is 31.1 Å². The van der Waals surface area contributed by atoms with E-state index >= 15 is 0 Å². The molecule has 134 valence electrons. The van der Waals surface area contributed by atoms with Gasteiger partial charge in [-0.2, -0.15) is 0 Å². The van der Waals surface area contributed by atoms with Crippen LogP contribution in [0.2, 0.25) is 0 Å². The highest BCUT2D eigenvalue weighted by Gasteiger charge is 2.20. The molecule has 1 aromatic carbocycles. The molecule has 0 aliphatic carbocycles. The van der Waals surface area contributed by atoms with E-state index in [1.807, 2.05) is 46.5 Å². The summed E-state index contributed by atoms with van der Waals surface area (Å²) in [5.41, 5.74) is 7.22. The van der Waals surface area contributed by atoms with Gasteiger partial charge in [0.1, 0.15) is 12.9 Å². The molecule has 2 N–H and O–H groups in total. The average molecular weight is 368 g/mol. The van der Waals surface area contributed by atoms with E-state index < -0.39 is 0 Å². The second kappa shape index (κ2) is 7.52. The summed E-state index contributed by atoms with van der Waals surface area (Å²) in [7, 11) is 0. The van der Waals surface area contributed by atoms with Crippen LogP contribution in [-0.4, -0.2) is 56.8 Å². The lowest BCUT2D eigenvalue weighted by molar-refractivity contribution is 0.380. The van der Waals surface area contributed by atoms with E-state index in [0.29, 0.717) is 12.5 Å². The van der Waals surface area contributed by atoms with Crippen molar-refractivity contribution in [3.05, 3.63) is 54.1 Å². The summed E-state index contributed by atoms with van der Waals surface area (Å²) in [6.45, 7) is 3.85. The van der Waals surface area contributed by atoms with Gasteiger partial charge in [-0.05, 0) is 12.1 Å². The molecule has 0 bridgehead atoms. The van der Waals surface area contributed by atoms with E-state index in [2.05, 4.69) is 30.0 Å². The van der Waals surface area contributed by atoms with Crippen LogP contribution in [0.1, 0.15) is 5.82 Å². The normalized spacial score (nSPS) is 15.5. The summed E-state index contributed by atoms with van der Waals surface area (Å²) in [5, 5.41) is 11.2. The van der Waals surface area contributed by atoms with E-state index in [1.165, 1.54) is 0 Å². The van der Waals surface area contributed by atoms with E-state index in [1.54, 1.807) is 17.7 Å². The second-order valence-corrected chi connectivity index (χ2v) is 6.79. The van der Waals surface area contributed by atoms with E-state index in [0.717, 1.165) is 42.8 Å². The Hall–Kier alpha value is -2.94. The largest absolute Gasteiger partial charge is 0.370 e. The SMILES string of the molecule is NC(=NCc1nncn1-c1ccccc1)N1CCN(c2nccs2)CC1. The number of nitrogens with zero attached hydrogens (tertiary/aromatic N) is 7. The predicted molar refractivity (Wildman–Crippen MR) is 103 cm³/mol. The van der Waals surface area contributed by atoms with Gasteiger partial charge in [-0.1, -0.05) is 18.2 Å². The van der Waals surface area contributed by atoms with Crippen molar-refractivity contribution in [3.8, 4) is 5.69 Å². The number of para-hydroxylation sites is 1. The van der Waals surface area contributed by atoms with Gasteiger partial charge in [0.25, 0.3) is 0 Å². The molecule has 0 amide bonds. The van der Waals surface area contributed by atoms with Crippen LogP contribution in [0.25, 0.3) is 5.69 Å². The molecule has 1 aliphatic heterocycles. The molecule has 1 fully saturated rings. The number of anilines is 1. The molecule has 4 rings (SSSR count). The van der Waals surface area contributed by atoms with E-state index in [-0.39, 0.29) is 0 Å². The van der Waals surface area contributed by atoms with Crippen LogP contribution in [0.15, 0.2) is 53.2 Å². The number of aromatic nitrogens is 4. The standard InChI is InChI=1S/C17H20N8S/c18-16(23-7-9-24(10-8-23)17-19-6-11-26-17)20-12-15-22-21-13-25(15)14-4-2-1-3-5-14/h1-6,11,13H,7-10,12H2,(H2,18,20). The number of guanidine groups is 1. The minimum atomic E-state index is 0.396. The molecule has 8 nitrogen and oxygen atoms in total. The van der Waals surface area contributed by atoms with Crippen LogP contribution < -0.4 is 10.6 Å². The molecule has 0 atom stereocenters. The number of hydrogen-bond donors (Lipinski definition) is 1. The zero-order valence-corrected chi connectivity index (χ0v) is 15.1. The van der Waals surface area contributed by atoms with Gasteiger partial charge >= 0.3 is 0 Å². The molecular formula is C17H20N8S. The summed E-state index contributed by atoms with van der Waals surface area (Å²) in [6, 6.07) is 9.97. The molecule has 26 heavy (non-hydrogen) atoms. The smallest absolute Gasteiger partial charge is 0.191 e. The minimum absolute atomic E-state index is 0.396. The van der Waals surface area contributed by atoms with Crippen molar-refractivity contribution < 1.29 is 0 Å². The first-order chi connectivity index (χ1) is 12.8. The summed E-state index contributed by atoms with van der Waals surface area (Å²) in [4.78, 5) is 13.3. The molecule has 1 saturated heterocycles. The first-order valence-electron chi connectivity index (χ1n) is 8.45. The molecule has 9 heteroatoms. The van der Waals surface area contributed by atoms with Gasteiger partial charge < -0.3 is 15.5 Å². The van der Waals surface area contributed by atoms with Crippen LogP contribution in [0.5, 0.6) is 0 Å². The molecule has 0 radical (unpaired) electrons. The zero-order chi connectivity index (χ0) is 17.8. The Balaban J connectivity index is 1.39. The quantitative estimate of drug-likeness (QED) is 0.553. The predicted octanol–water partition coefficient (Wildman–Crippen LogP) is 1.36. The molecule has 3 heterocycles. The Bertz CT molecular complexity index is 850. The van der Waals surface area contributed by atoms with Crippen molar-refractivity contribution in [2.45, 2.75) is 6.54 Å². The summed E-state index contributed by atoms with van der Waals surface area (Å²) >= 11 is 1.66. The molecule has 0 saturated carbocycles. The third kappa shape index (κ3) is 3.52. The van der Waals surface area contributed by atoms with Crippen LogP contribution in [0.3, 0.4) is 0 Å².